The van der Waals surface area contributed by atoms with Crippen LogP contribution in [0.15, 0.2) is 18.2 Å². The maximum atomic E-state index is 11.8. The van der Waals surface area contributed by atoms with Gasteiger partial charge in [-0.25, -0.2) is 9.59 Å². The summed E-state index contributed by atoms with van der Waals surface area (Å²) in [6.07, 6.45) is 2.00. The van der Waals surface area contributed by atoms with E-state index in [0.717, 1.165) is 19.4 Å². The quantitative estimate of drug-likeness (QED) is 0.797. The van der Waals surface area contributed by atoms with E-state index in [1.54, 1.807) is 0 Å². The molecule has 6 nitrogen and oxygen atoms in total. The maximum Gasteiger partial charge on any atom is 0.337 e. The van der Waals surface area contributed by atoms with Gasteiger partial charge in [0.2, 0.25) is 0 Å². The number of amides is 2. The van der Waals surface area contributed by atoms with Gasteiger partial charge in [0.25, 0.3) is 0 Å². The van der Waals surface area contributed by atoms with Gasteiger partial charge in [-0.2, -0.15) is 0 Å². The van der Waals surface area contributed by atoms with Crippen molar-refractivity contribution in [3.05, 3.63) is 28.8 Å². The Kier molecular flexibility index (Phi) is 5.41. The van der Waals surface area contributed by atoms with E-state index in [-0.39, 0.29) is 11.3 Å². The van der Waals surface area contributed by atoms with Crippen molar-refractivity contribution < 1.29 is 19.4 Å². The highest BCUT2D eigenvalue weighted by Gasteiger charge is 2.16. The number of carboxylic acid groups (broad SMARTS) is 1. The number of benzene rings is 1. The lowest BCUT2D eigenvalue weighted by molar-refractivity contribution is 0.0559. The van der Waals surface area contributed by atoms with Crippen molar-refractivity contribution in [3.63, 3.8) is 0 Å². The van der Waals surface area contributed by atoms with Crippen LogP contribution in [0.5, 0.6) is 0 Å². The van der Waals surface area contributed by atoms with Crippen molar-refractivity contribution in [2.45, 2.75) is 12.8 Å². The van der Waals surface area contributed by atoms with Gasteiger partial charge in [0, 0.05) is 18.2 Å². The molecule has 114 valence electrons. The number of urea groups is 1. The predicted molar refractivity (Wildman–Crippen MR) is 79.0 cm³/mol. The summed E-state index contributed by atoms with van der Waals surface area (Å²) in [6, 6.07) is 3.78. The highest BCUT2D eigenvalue weighted by atomic mass is 35.5. The van der Waals surface area contributed by atoms with Crippen LogP contribution in [0.1, 0.15) is 23.2 Å². The smallest absolute Gasteiger partial charge is 0.337 e. The molecule has 1 heterocycles. The molecule has 2 amide bonds. The van der Waals surface area contributed by atoms with E-state index in [4.69, 9.17) is 21.4 Å². The summed E-state index contributed by atoms with van der Waals surface area (Å²) in [7, 11) is 0. The Bertz CT molecular complexity index is 530. The van der Waals surface area contributed by atoms with Crippen LogP contribution in [-0.4, -0.2) is 36.9 Å². The summed E-state index contributed by atoms with van der Waals surface area (Å²) in [5.41, 5.74) is 0.169. The Morgan fingerprint density at radius 2 is 2.24 bits per heavy atom. The Hall–Kier alpha value is -1.79. The minimum Gasteiger partial charge on any atom is -0.478 e. The van der Waals surface area contributed by atoms with Gasteiger partial charge in [-0.05, 0) is 37.0 Å². The number of rotatable bonds is 4. The van der Waals surface area contributed by atoms with Crippen LogP contribution in [0.3, 0.4) is 0 Å². The molecule has 2 rings (SSSR count). The minimum absolute atomic E-state index is 0.00412. The maximum absolute atomic E-state index is 11.8. The van der Waals surface area contributed by atoms with Crippen LogP contribution < -0.4 is 10.6 Å². The van der Waals surface area contributed by atoms with Gasteiger partial charge in [-0.15, -0.1) is 0 Å². The second-order valence-corrected chi connectivity index (χ2v) is 5.35. The number of ether oxygens (including phenoxy) is 1. The number of anilines is 1. The average Bonchev–Trinajstić information content (AvgIpc) is 2.46. The van der Waals surface area contributed by atoms with E-state index in [9.17, 15) is 9.59 Å². The Labute approximate surface area is 127 Å². The third kappa shape index (κ3) is 4.61. The second-order valence-electron chi connectivity index (χ2n) is 4.91. The van der Waals surface area contributed by atoms with Crippen LogP contribution in [0.2, 0.25) is 5.02 Å². The lowest BCUT2D eigenvalue weighted by atomic mass is 10.0. The summed E-state index contributed by atoms with van der Waals surface area (Å²) < 4.78 is 5.33. The molecule has 0 bridgehead atoms. The van der Waals surface area contributed by atoms with E-state index in [2.05, 4.69) is 10.6 Å². The Morgan fingerprint density at radius 3 is 2.90 bits per heavy atom. The molecule has 21 heavy (non-hydrogen) atoms. The molecule has 0 radical (unpaired) electrons. The molecule has 1 atom stereocenters. The summed E-state index contributed by atoms with van der Waals surface area (Å²) in [4.78, 5) is 22.9. The lowest BCUT2D eigenvalue weighted by Crippen LogP contribution is -2.36. The molecule has 3 N–H and O–H groups in total. The first-order chi connectivity index (χ1) is 10.1. The SMILES string of the molecule is O=C(NCC1CCCOC1)Nc1cc(Cl)ccc1C(=O)O. The zero-order valence-electron chi connectivity index (χ0n) is 11.4. The van der Waals surface area contributed by atoms with E-state index >= 15 is 0 Å². The fraction of sp³-hybridized carbons (Fsp3) is 0.429. The predicted octanol–water partition coefficient (Wildman–Crippen LogP) is 2.59. The van der Waals surface area contributed by atoms with Crippen LogP contribution in [0.4, 0.5) is 10.5 Å². The number of carbonyl (C=O) groups is 2. The van der Waals surface area contributed by atoms with Gasteiger partial charge in [-0.3, -0.25) is 0 Å². The molecule has 0 saturated carbocycles. The van der Waals surface area contributed by atoms with Crippen molar-refractivity contribution in [2.75, 3.05) is 25.1 Å². The molecule has 1 saturated heterocycles. The van der Waals surface area contributed by atoms with E-state index in [1.165, 1.54) is 18.2 Å². The molecule has 1 unspecified atom stereocenters. The third-order valence-electron chi connectivity index (χ3n) is 3.27. The van der Waals surface area contributed by atoms with E-state index < -0.39 is 12.0 Å². The van der Waals surface area contributed by atoms with E-state index in [0.29, 0.717) is 24.1 Å². The third-order valence-corrected chi connectivity index (χ3v) is 3.50. The van der Waals surface area contributed by atoms with Crippen molar-refractivity contribution in [2.24, 2.45) is 5.92 Å². The molecule has 0 spiro atoms. The van der Waals surface area contributed by atoms with Crippen LogP contribution in [0, 0.1) is 5.92 Å². The molecular formula is C14H17ClN2O4. The van der Waals surface area contributed by atoms with Gasteiger partial charge in [0.1, 0.15) is 0 Å². The topological polar surface area (TPSA) is 87.7 Å². The summed E-state index contributed by atoms with van der Waals surface area (Å²) in [6.45, 7) is 1.90. The van der Waals surface area contributed by atoms with Crippen LogP contribution in [-0.2, 0) is 4.74 Å². The van der Waals surface area contributed by atoms with Crippen molar-refractivity contribution >= 4 is 29.3 Å². The number of aromatic carboxylic acids is 1. The van der Waals surface area contributed by atoms with Gasteiger partial charge < -0.3 is 20.5 Å². The normalized spacial score (nSPS) is 18.0. The summed E-state index contributed by atoms with van der Waals surface area (Å²) >= 11 is 5.82. The Morgan fingerprint density at radius 1 is 1.43 bits per heavy atom. The number of carboxylic acids is 1. The summed E-state index contributed by atoms with van der Waals surface area (Å²) in [5, 5.41) is 14.7. The molecule has 0 aromatic heterocycles. The molecule has 1 aromatic rings. The standard InChI is InChI=1S/C14H17ClN2O4/c15-10-3-4-11(13(18)19)12(6-10)17-14(20)16-7-9-2-1-5-21-8-9/h3-4,6,9H,1-2,5,7-8H2,(H,18,19)(H2,16,17,20). The molecular weight excluding hydrogens is 296 g/mol. The second kappa shape index (κ2) is 7.28. The highest BCUT2D eigenvalue weighted by Crippen LogP contribution is 2.21. The minimum atomic E-state index is -1.12. The monoisotopic (exact) mass is 312 g/mol. The molecule has 1 aliphatic rings. The highest BCUT2D eigenvalue weighted by molar-refractivity contribution is 6.31. The van der Waals surface area contributed by atoms with E-state index in [1.807, 2.05) is 0 Å². The fourth-order valence-electron chi connectivity index (χ4n) is 2.18. The zero-order valence-corrected chi connectivity index (χ0v) is 12.2. The van der Waals surface area contributed by atoms with Gasteiger partial charge >= 0.3 is 12.0 Å². The number of hydrogen-bond donors (Lipinski definition) is 3. The van der Waals surface area contributed by atoms with Gasteiger partial charge in [-0.1, -0.05) is 11.6 Å². The van der Waals surface area contributed by atoms with Gasteiger partial charge in [0.15, 0.2) is 0 Å². The molecule has 7 heteroatoms. The number of hydrogen-bond acceptors (Lipinski definition) is 3. The van der Waals surface area contributed by atoms with Crippen molar-refractivity contribution in [1.29, 1.82) is 0 Å². The Balaban J connectivity index is 1.92. The fourth-order valence-corrected chi connectivity index (χ4v) is 2.35. The molecule has 1 fully saturated rings. The number of halogens is 1. The molecule has 0 aliphatic carbocycles. The number of carbonyl (C=O) groups excluding carboxylic acids is 1. The summed E-state index contributed by atoms with van der Waals surface area (Å²) in [5.74, 6) is -0.828. The van der Waals surface area contributed by atoms with Crippen LogP contribution >= 0.6 is 11.6 Å². The largest absolute Gasteiger partial charge is 0.478 e. The molecule has 1 aliphatic heterocycles. The first kappa shape index (κ1) is 15.6. The van der Waals surface area contributed by atoms with Gasteiger partial charge in [0.05, 0.1) is 17.9 Å². The average molecular weight is 313 g/mol. The number of nitrogens with one attached hydrogen (secondary N) is 2. The van der Waals surface area contributed by atoms with Crippen molar-refractivity contribution in [1.82, 2.24) is 5.32 Å². The van der Waals surface area contributed by atoms with Crippen molar-refractivity contribution in [3.8, 4) is 0 Å². The first-order valence-electron chi connectivity index (χ1n) is 6.71. The van der Waals surface area contributed by atoms with Crippen LogP contribution in [0.25, 0.3) is 0 Å². The molecule has 1 aromatic carbocycles. The lowest BCUT2D eigenvalue weighted by Gasteiger charge is -2.22. The first-order valence-corrected chi connectivity index (χ1v) is 7.09. The zero-order chi connectivity index (χ0) is 15.2.